The number of carbonyl (C=O) groups excluding carboxylic acids is 2. The highest BCUT2D eigenvalue weighted by Gasteiger charge is 2.32. The van der Waals surface area contributed by atoms with Crippen LogP contribution in [0.5, 0.6) is 0 Å². The first-order chi connectivity index (χ1) is 14.2. The first-order valence-electron chi connectivity index (χ1n) is 10.8. The van der Waals surface area contributed by atoms with Crippen LogP contribution in [0, 0.1) is 12.8 Å². The van der Waals surface area contributed by atoms with Crippen LogP contribution in [0.2, 0.25) is 0 Å². The zero-order chi connectivity index (χ0) is 21.9. The molecule has 1 amide bonds. The predicted octanol–water partition coefficient (Wildman–Crippen LogP) is 2.97. The summed E-state index contributed by atoms with van der Waals surface area (Å²) in [6, 6.07) is 4.46. The summed E-state index contributed by atoms with van der Waals surface area (Å²) in [6.45, 7) is 7.26. The Morgan fingerprint density at radius 3 is 2.57 bits per heavy atom. The average Bonchev–Trinajstić information content (AvgIpc) is 2.72. The van der Waals surface area contributed by atoms with Crippen LogP contribution in [-0.4, -0.2) is 61.8 Å². The van der Waals surface area contributed by atoms with Crippen molar-refractivity contribution in [3.63, 3.8) is 0 Å². The van der Waals surface area contributed by atoms with Gasteiger partial charge in [-0.3, -0.25) is 4.79 Å². The number of nitrogens with zero attached hydrogens (tertiary/aromatic N) is 2. The molecule has 2 saturated heterocycles. The van der Waals surface area contributed by atoms with Gasteiger partial charge in [0.05, 0.1) is 10.5 Å². The van der Waals surface area contributed by atoms with Gasteiger partial charge < -0.3 is 9.64 Å². The fraction of sp³-hybridized carbons (Fsp3) is 0.636. The number of sulfonamides is 1. The summed E-state index contributed by atoms with van der Waals surface area (Å²) in [7, 11) is -3.69. The molecule has 0 aliphatic carbocycles. The van der Waals surface area contributed by atoms with E-state index in [1.807, 2.05) is 6.92 Å². The minimum Gasteiger partial charge on any atom is -0.452 e. The largest absolute Gasteiger partial charge is 0.452 e. The van der Waals surface area contributed by atoms with Crippen LogP contribution in [0.15, 0.2) is 23.1 Å². The molecule has 2 unspecified atom stereocenters. The number of benzene rings is 1. The van der Waals surface area contributed by atoms with Gasteiger partial charge in [-0.05, 0) is 63.1 Å². The van der Waals surface area contributed by atoms with Crippen molar-refractivity contribution in [1.29, 1.82) is 0 Å². The van der Waals surface area contributed by atoms with Crippen molar-refractivity contribution in [3.05, 3.63) is 29.3 Å². The van der Waals surface area contributed by atoms with E-state index < -0.39 is 16.0 Å². The van der Waals surface area contributed by atoms with Gasteiger partial charge >= 0.3 is 5.97 Å². The Morgan fingerprint density at radius 1 is 1.10 bits per heavy atom. The first kappa shape index (κ1) is 22.7. The molecule has 2 atom stereocenters. The van der Waals surface area contributed by atoms with Crippen molar-refractivity contribution >= 4 is 21.9 Å². The summed E-state index contributed by atoms with van der Waals surface area (Å²) in [5.74, 6) is -0.437. The molecule has 0 saturated carbocycles. The van der Waals surface area contributed by atoms with E-state index in [0.717, 1.165) is 32.1 Å². The van der Waals surface area contributed by atoms with E-state index in [1.165, 1.54) is 16.4 Å². The van der Waals surface area contributed by atoms with Crippen molar-refractivity contribution in [2.24, 2.45) is 5.92 Å². The topological polar surface area (TPSA) is 84.0 Å². The lowest BCUT2D eigenvalue weighted by Crippen LogP contribution is -2.42. The molecule has 0 spiro atoms. The Bertz CT molecular complexity index is 899. The first-order valence-corrected chi connectivity index (χ1v) is 12.2. The smallest absolute Gasteiger partial charge is 0.338 e. The number of aryl methyl sites for hydroxylation is 1. The fourth-order valence-corrected chi connectivity index (χ4v) is 5.98. The highest BCUT2D eigenvalue weighted by atomic mass is 32.2. The number of ether oxygens (including phenoxy) is 1. The van der Waals surface area contributed by atoms with Crippen LogP contribution in [-0.2, 0) is 19.6 Å². The second-order valence-corrected chi connectivity index (χ2v) is 10.5. The zero-order valence-corrected chi connectivity index (χ0v) is 18.9. The van der Waals surface area contributed by atoms with E-state index in [0.29, 0.717) is 31.1 Å². The third-order valence-corrected chi connectivity index (χ3v) is 8.12. The molecule has 0 N–H and O–H groups in total. The van der Waals surface area contributed by atoms with Gasteiger partial charge in [-0.15, -0.1) is 0 Å². The van der Waals surface area contributed by atoms with Crippen molar-refractivity contribution in [3.8, 4) is 0 Å². The summed E-state index contributed by atoms with van der Waals surface area (Å²) < 4.78 is 33.0. The molecular formula is C22H32N2O5S. The van der Waals surface area contributed by atoms with Gasteiger partial charge in [-0.25, -0.2) is 13.2 Å². The Labute approximate surface area is 179 Å². The van der Waals surface area contributed by atoms with E-state index in [1.54, 1.807) is 17.9 Å². The number of hydrogen-bond acceptors (Lipinski definition) is 5. The van der Waals surface area contributed by atoms with Crippen LogP contribution in [0.3, 0.4) is 0 Å². The van der Waals surface area contributed by atoms with Crippen LogP contribution in [0.1, 0.15) is 61.9 Å². The van der Waals surface area contributed by atoms with E-state index in [2.05, 4.69) is 6.92 Å². The average molecular weight is 437 g/mol. The normalized spacial score (nSPS) is 23.2. The summed E-state index contributed by atoms with van der Waals surface area (Å²) in [4.78, 5) is 26.8. The standard InChI is InChI=1S/C22H32N2O5S/c1-16-7-6-11-23(14-16)21(25)15-29-22(26)20-13-19(10-9-17(20)2)30(27,28)24-12-5-4-8-18(24)3/h9-10,13,16,18H,4-8,11-12,14-15H2,1-3H3. The number of piperidine rings is 2. The van der Waals surface area contributed by atoms with Crippen molar-refractivity contribution in [1.82, 2.24) is 9.21 Å². The van der Waals surface area contributed by atoms with Crippen LogP contribution in [0.25, 0.3) is 0 Å². The Morgan fingerprint density at radius 2 is 1.87 bits per heavy atom. The molecule has 2 fully saturated rings. The summed E-state index contributed by atoms with van der Waals surface area (Å²) >= 11 is 0. The number of amides is 1. The Balaban J connectivity index is 1.71. The maximum absolute atomic E-state index is 13.1. The second kappa shape index (κ2) is 9.47. The van der Waals surface area contributed by atoms with Gasteiger partial charge in [0.1, 0.15) is 0 Å². The molecule has 2 aliphatic rings. The number of esters is 1. The highest BCUT2D eigenvalue weighted by Crippen LogP contribution is 2.26. The minimum atomic E-state index is -3.69. The van der Waals surface area contributed by atoms with Gasteiger partial charge in [0.2, 0.25) is 10.0 Å². The molecule has 1 aromatic rings. The highest BCUT2D eigenvalue weighted by molar-refractivity contribution is 7.89. The molecule has 0 aromatic heterocycles. The third-order valence-electron chi connectivity index (χ3n) is 6.11. The maximum Gasteiger partial charge on any atom is 0.338 e. The molecule has 30 heavy (non-hydrogen) atoms. The molecule has 2 aliphatic heterocycles. The molecule has 0 bridgehead atoms. The quantitative estimate of drug-likeness (QED) is 0.663. The Kier molecular flexibility index (Phi) is 7.18. The summed E-state index contributed by atoms with van der Waals surface area (Å²) in [5.41, 5.74) is 0.797. The van der Waals surface area contributed by atoms with Crippen molar-refractivity contribution < 1.29 is 22.7 Å². The predicted molar refractivity (Wildman–Crippen MR) is 114 cm³/mol. The molecule has 166 valence electrons. The van der Waals surface area contributed by atoms with Gasteiger partial charge in [0, 0.05) is 25.7 Å². The van der Waals surface area contributed by atoms with Gasteiger partial charge in [-0.2, -0.15) is 4.31 Å². The zero-order valence-electron chi connectivity index (χ0n) is 18.1. The van der Waals surface area contributed by atoms with Gasteiger partial charge in [-0.1, -0.05) is 19.4 Å². The van der Waals surface area contributed by atoms with Crippen LogP contribution in [0.4, 0.5) is 0 Å². The molecule has 8 heteroatoms. The van der Waals surface area contributed by atoms with Crippen molar-refractivity contribution in [2.75, 3.05) is 26.2 Å². The lowest BCUT2D eigenvalue weighted by molar-refractivity contribution is -0.136. The van der Waals surface area contributed by atoms with Crippen molar-refractivity contribution in [2.45, 2.75) is 63.8 Å². The summed E-state index contributed by atoms with van der Waals surface area (Å²) in [5, 5.41) is 0. The number of rotatable bonds is 5. The second-order valence-electron chi connectivity index (χ2n) is 8.60. The number of carbonyl (C=O) groups is 2. The molecule has 1 aromatic carbocycles. The number of likely N-dealkylation sites (tertiary alicyclic amines) is 1. The minimum absolute atomic E-state index is 0.0648. The van der Waals surface area contributed by atoms with Crippen LogP contribution >= 0.6 is 0 Å². The lowest BCUT2D eigenvalue weighted by atomic mass is 10.0. The van der Waals surface area contributed by atoms with E-state index in [9.17, 15) is 18.0 Å². The van der Waals surface area contributed by atoms with E-state index >= 15 is 0 Å². The van der Waals surface area contributed by atoms with Gasteiger partial charge in [0.25, 0.3) is 5.91 Å². The van der Waals surface area contributed by atoms with E-state index in [4.69, 9.17) is 4.74 Å². The molecule has 2 heterocycles. The van der Waals surface area contributed by atoms with Crippen LogP contribution < -0.4 is 0 Å². The van der Waals surface area contributed by atoms with Gasteiger partial charge in [0.15, 0.2) is 6.61 Å². The SMILES string of the molecule is Cc1ccc(S(=O)(=O)N2CCCCC2C)cc1C(=O)OCC(=O)N1CCCC(C)C1. The lowest BCUT2D eigenvalue weighted by Gasteiger charge is -2.32. The molecule has 0 radical (unpaired) electrons. The molecule has 7 nitrogen and oxygen atoms in total. The molecular weight excluding hydrogens is 404 g/mol. The number of hydrogen-bond donors (Lipinski definition) is 0. The third kappa shape index (κ3) is 5.03. The van der Waals surface area contributed by atoms with E-state index in [-0.39, 0.29) is 29.0 Å². The maximum atomic E-state index is 13.1. The summed E-state index contributed by atoms with van der Waals surface area (Å²) in [6.07, 6.45) is 4.73. The monoisotopic (exact) mass is 436 g/mol. The molecule has 3 rings (SSSR count). The fourth-order valence-electron chi connectivity index (χ4n) is 4.26. The Hall–Kier alpha value is -1.93.